The van der Waals surface area contributed by atoms with Crippen molar-refractivity contribution in [3.63, 3.8) is 0 Å². The molecule has 0 N–H and O–H groups in total. The molecule has 1 amide bonds. The molecule has 0 fully saturated rings. The van der Waals surface area contributed by atoms with Crippen LogP contribution in [0, 0.1) is 0 Å². The molecule has 0 spiro atoms. The molecule has 4 aromatic rings. The van der Waals surface area contributed by atoms with Crippen molar-refractivity contribution in [2.45, 2.75) is 37.1 Å². The van der Waals surface area contributed by atoms with Gasteiger partial charge < -0.3 is 18.4 Å². The molecule has 3 heterocycles. The Morgan fingerprint density at radius 1 is 1.12 bits per heavy atom. The van der Waals surface area contributed by atoms with Gasteiger partial charge in [0.25, 0.3) is 5.88 Å². The Morgan fingerprint density at radius 2 is 1.91 bits per heavy atom. The van der Waals surface area contributed by atoms with Crippen LogP contribution >= 0.6 is 0 Å². The fourth-order valence-electron chi connectivity index (χ4n) is 4.42. The van der Waals surface area contributed by atoms with E-state index >= 15 is 0 Å². The van der Waals surface area contributed by atoms with Crippen LogP contribution in [-0.4, -0.2) is 42.0 Å². The second-order valence-corrected chi connectivity index (χ2v) is 11.5. The number of ether oxygens (including phenoxy) is 2. The number of benzene rings is 2. The Balaban J connectivity index is 1.34. The number of hydrogen-bond donors (Lipinski definition) is 0. The molecule has 14 heteroatoms. The molecule has 1 aliphatic heterocycles. The van der Waals surface area contributed by atoms with Gasteiger partial charge in [0.1, 0.15) is 23.9 Å². The van der Waals surface area contributed by atoms with Crippen molar-refractivity contribution in [3.8, 4) is 11.6 Å². The zero-order valence-corrected chi connectivity index (χ0v) is 23.4. The normalized spacial score (nSPS) is 13.7. The fraction of sp³-hybridized carbons (Fsp3) is 0.241. The molecule has 2 aromatic heterocycles. The Kier molecular flexibility index (Phi) is 8.59. The molecule has 0 bridgehead atoms. The molecule has 0 saturated heterocycles. The number of nitrogens with zero attached hydrogens (tertiary/aromatic N) is 3. The van der Waals surface area contributed by atoms with Crippen molar-refractivity contribution in [1.82, 2.24) is 14.4 Å². The van der Waals surface area contributed by atoms with Crippen molar-refractivity contribution < 1.29 is 44.8 Å². The van der Waals surface area contributed by atoms with Gasteiger partial charge in [0.05, 0.1) is 28.8 Å². The van der Waals surface area contributed by atoms with E-state index in [1.54, 1.807) is 42.5 Å². The SMILES string of the molecule is C=CCOc1ccc(CN(Cc2ccco2)C(=O)Oc2noc3c2CN(S(=O)(=O)c2cccc(C(F)(F)F)c2)CC3)cc1. The molecule has 10 nitrogen and oxygen atoms in total. The Labute approximate surface area is 244 Å². The summed E-state index contributed by atoms with van der Waals surface area (Å²) in [6, 6.07) is 14.0. The van der Waals surface area contributed by atoms with E-state index in [4.69, 9.17) is 18.4 Å². The summed E-state index contributed by atoms with van der Waals surface area (Å²) in [5, 5.41) is 3.84. The van der Waals surface area contributed by atoms with Crippen molar-refractivity contribution in [1.29, 1.82) is 0 Å². The summed E-state index contributed by atoms with van der Waals surface area (Å²) in [6.07, 6.45) is -2.35. The molecule has 2 aromatic carbocycles. The van der Waals surface area contributed by atoms with E-state index in [2.05, 4.69) is 11.7 Å². The third-order valence-electron chi connectivity index (χ3n) is 6.59. The minimum absolute atomic E-state index is 0.0522. The number of fused-ring (bicyclic) bond motifs is 1. The second-order valence-electron chi connectivity index (χ2n) is 9.55. The van der Waals surface area contributed by atoms with E-state index < -0.39 is 32.8 Å². The van der Waals surface area contributed by atoms with Gasteiger partial charge >= 0.3 is 12.3 Å². The molecule has 226 valence electrons. The maximum atomic E-state index is 13.4. The number of aromatic nitrogens is 1. The Morgan fingerprint density at radius 3 is 2.60 bits per heavy atom. The van der Waals surface area contributed by atoms with Crippen LogP contribution < -0.4 is 9.47 Å². The predicted octanol–water partition coefficient (Wildman–Crippen LogP) is 5.80. The number of halogens is 3. The second kappa shape index (κ2) is 12.4. The molecule has 43 heavy (non-hydrogen) atoms. The van der Waals surface area contributed by atoms with Gasteiger partial charge in [-0.25, -0.2) is 13.2 Å². The van der Waals surface area contributed by atoms with E-state index in [1.807, 2.05) is 0 Å². The molecule has 1 aliphatic rings. The number of carbonyl (C=O) groups is 1. The summed E-state index contributed by atoms with van der Waals surface area (Å²) < 4.78 is 89.0. The quantitative estimate of drug-likeness (QED) is 0.205. The molecular formula is C29H26F3N3O7S. The van der Waals surface area contributed by atoms with Crippen LogP contribution in [0.1, 0.15) is 28.2 Å². The van der Waals surface area contributed by atoms with Gasteiger partial charge in [-0.2, -0.15) is 17.5 Å². The average Bonchev–Trinajstić information content (AvgIpc) is 3.66. The number of hydrogen-bond acceptors (Lipinski definition) is 8. The number of carbonyl (C=O) groups excluding carboxylic acids is 1. The zero-order valence-electron chi connectivity index (χ0n) is 22.6. The molecule has 0 saturated carbocycles. The first kappa shape index (κ1) is 29.9. The first-order valence-corrected chi connectivity index (χ1v) is 14.4. The lowest BCUT2D eigenvalue weighted by molar-refractivity contribution is -0.137. The number of amides is 1. The standard InChI is InChI=1S/C29H26F3N3O7S/c1-2-14-39-22-10-8-20(9-11-22)17-34(18-23-6-4-15-40-23)28(36)41-27-25-19-35(13-12-26(25)42-33-27)43(37,38)24-7-3-5-21(16-24)29(30,31)32/h2-11,15-16H,1,12-14,17-19H2. The largest absolute Gasteiger partial charge is 0.490 e. The first-order chi connectivity index (χ1) is 20.5. The molecule has 0 atom stereocenters. The summed E-state index contributed by atoms with van der Waals surface area (Å²) >= 11 is 0. The first-order valence-electron chi connectivity index (χ1n) is 13.0. The van der Waals surface area contributed by atoms with Crippen molar-refractivity contribution in [3.05, 3.63) is 108 Å². The van der Waals surface area contributed by atoms with Crippen LogP contribution in [0.2, 0.25) is 0 Å². The summed E-state index contributed by atoms with van der Waals surface area (Å²) in [5.41, 5.74) is -0.117. The minimum Gasteiger partial charge on any atom is -0.490 e. The molecule has 0 aliphatic carbocycles. The number of alkyl halides is 3. The van der Waals surface area contributed by atoms with Gasteiger partial charge in [-0.05, 0) is 53.2 Å². The van der Waals surface area contributed by atoms with Crippen molar-refractivity contribution in [2.24, 2.45) is 0 Å². The third-order valence-corrected chi connectivity index (χ3v) is 8.43. The lowest BCUT2D eigenvalue weighted by atomic mass is 10.1. The number of rotatable bonds is 10. The zero-order chi connectivity index (χ0) is 30.6. The third kappa shape index (κ3) is 6.92. The van der Waals surface area contributed by atoms with Gasteiger partial charge in [0.2, 0.25) is 10.0 Å². The minimum atomic E-state index is -4.71. The molecule has 5 rings (SSSR count). The van der Waals surface area contributed by atoms with E-state index in [1.165, 1.54) is 11.2 Å². The fourth-order valence-corrected chi connectivity index (χ4v) is 5.87. The van der Waals surface area contributed by atoms with E-state index in [0.717, 1.165) is 28.1 Å². The maximum absolute atomic E-state index is 13.4. The van der Waals surface area contributed by atoms with Crippen LogP contribution in [-0.2, 0) is 42.3 Å². The molecule has 0 radical (unpaired) electrons. The highest BCUT2D eigenvalue weighted by Crippen LogP contribution is 2.34. The summed E-state index contributed by atoms with van der Waals surface area (Å²) in [5.74, 6) is 1.19. The van der Waals surface area contributed by atoms with Gasteiger partial charge in [0.15, 0.2) is 0 Å². The van der Waals surface area contributed by atoms with Crippen LogP contribution in [0.25, 0.3) is 0 Å². The van der Waals surface area contributed by atoms with Crippen LogP contribution in [0.4, 0.5) is 18.0 Å². The number of furan rings is 1. The number of sulfonamides is 1. The Hall–Kier alpha value is -4.56. The van der Waals surface area contributed by atoms with E-state index in [0.29, 0.717) is 29.9 Å². The lowest BCUT2D eigenvalue weighted by Crippen LogP contribution is -2.36. The monoisotopic (exact) mass is 617 g/mol. The average molecular weight is 618 g/mol. The van der Waals surface area contributed by atoms with Gasteiger partial charge in [-0.15, -0.1) is 0 Å². The van der Waals surface area contributed by atoms with Crippen molar-refractivity contribution in [2.75, 3.05) is 13.2 Å². The highest BCUT2D eigenvalue weighted by Gasteiger charge is 2.36. The van der Waals surface area contributed by atoms with E-state index in [-0.39, 0.29) is 44.0 Å². The summed E-state index contributed by atoms with van der Waals surface area (Å²) in [6.45, 7) is 3.75. The van der Waals surface area contributed by atoms with Gasteiger partial charge in [0, 0.05) is 26.1 Å². The molecular weight excluding hydrogens is 591 g/mol. The van der Waals surface area contributed by atoms with Crippen LogP contribution in [0.3, 0.4) is 0 Å². The van der Waals surface area contributed by atoms with Crippen LogP contribution in [0.5, 0.6) is 11.6 Å². The summed E-state index contributed by atoms with van der Waals surface area (Å²) in [4.78, 5) is 14.2. The highest BCUT2D eigenvalue weighted by atomic mass is 32.2. The Bertz CT molecular complexity index is 1680. The molecule has 0 unspecified atom stereocenters. The highest BCUT2D eigenvalue weighted by molar-refractivity contribution is 7.89. The predicted molar refractivity (Wildman–Crippen MR) is 145 cm³/mol. The van der Waals surface area contributed by atoms with Crippen LogP contribution in [0.15, 0.2) is 93.4 Å². The lowest BCUT2D eigenvalue weighted by Gasteiger charge is -2.26. The van der Waals surface area contributed by atoms with Crippen molar-refractivity contribution >= 4 is 16.1 Å². The van der Waals surface area contributed by atoms with Gasteiger partial charge in [-0.3, -0.25) is 4.90 Å². The maximum Gasteiger partial charge on any atom is 0.417 e. The topological polar surface area (TPSA) is 115 Å². The van der Waals surface area contributed by atoms with Gasteiger partial charge in [-0.1, -0.05) is 30.9 Å². The summed E-state index contributed by atoms with van der Waals surface area (Å²) in [7, 11) is -4.33. The van der Waals surface area contributed by atoms with E-state index in [9.17, 15) is 26.4 Å². The smallest absolute Gasteiger partial charge is 0.417 e.